The van der Waals surface area contributed by atoms with Crippen molar-refractivity contribution in [1.82, 2.24) is 0 Å². The third-order valence-electron chi connectivity index (χ3n) is 4.35. The molecule has 28 heavy (non-hydrogen) atoms. The lowest BCUT2D eigenvalue weighted by molar-refractivity contribution is -0.138. The van der Waals surface area contributed by atoms with E-state index < -0.39 is 17.4 Å². The Balaban J connectivity index is 1.95. The molecule has 0 radical (unpaired) electrons. The number of phenolic OH excluding ortho intramolecular Hbond substituents is 1. The van der Waals surface area contributed by atoms with Crippen molar-refractivity contribution < 1.29 is 29.0 Å². The topological polar surface area (TPSA) is 114 Å². The zero-order valence-electron chi connectivity index (χ0n) is 15.1. The summed E-state index contributed by atoms with van der Waals surface area (Å²) in [5.74, 6) is -1.57. The van der Waals surface area contributed by atoms with E-state index in [1.54, 1.807) is 18.2 Å². The molecule has 1 aromatic carbocycles. The van der Waals surface area contributed by atoms with Gasteiger partial charge in [-0.25, -0.2) is 0 Å². The van der Waals surface area contributed by atoms with Gasteiger partial charge in [0, 0.05) is 18.4 Å². The highest BCUT2D eigenvalue weighted by molar-refractivity contribution is 5.76. The first-order valence-corrected chi connectivity index (χ1v) is 9.05. The molecule has 146 valence electrons. The molecule has 2 aromatic rings. The minimum atomic E-state index is -0.926. The molecule has 0 saturated carbocycles. The highest BCUT2D eigenvalue weighted by Gasteiger charge is 2.20. The lowest BCUT2D eigenvalue weighted by Crippen LogP contribution is -2.41. The number of aromatic hydroxyl groups is 1. The molecule has 0 fully saturated rings. The van der Waals surface area contributed by atoms with Gasteiger partial charge in [0.1, 0.15) is 11.2 Å². The average Bonchev–Trinajstić information content (AvgIpc) is 2.68. The highest BCUT2D eigenvalue weighted by atomic mass is 16.5. The van der Waals surface area contributed by atoms with Crippen molar-refractivity contribution in [3.05, 3.63) is 45.1 Å². The predicted molar refractivity (Wildman–Crippen MR) is 101 cm³/mol. The van der Waals surface area contributed by atoms with Gasteiger partial charge in [0.25, 0.3) is 0 Å². The molecule has 0 spiro atoms. The van der Waals surface area contributed by atoms with E-state index in [2.05, 4.69) is 0 Å². The number of fused-ring (bicyclic) bond motifs is 1. The maximum atomic E-state index is 12.9. The fraction of sp³-hybridized carbons (Fsp3) is 0.286. The Morgan fingerprint density at radius 1 is 1.04 bits per heavy atom. The number of esters is 1. The van der Waals surface area contributed by atoms with Gasteiger partial charge in [0.15, 0.2) is 5.76 Å². The molecule has 0 aliphatic heterocycles. The third-order valence-corrected chi connectivity index (χ3v) is 4.35. The number of carbonyl (C=O) groups is 2. The molecule has 1 aliphatic rings. The normalized spacial score (nSPS) is 12.4. The zero-order valence-corrected chi connectivity index (χ0v) is 15.1. The van der Waals surface area contributed by atoms with Crippen LogP contribution in [0.1, 0.15) is 38.5 Å². The standard InChI is InChI=1S/C21H20O7/c22-14-11-9-13(10-12-14)20-21(28-18(25)8-4-3-7-17(23)24)19(26)15-5-1-2-6-16(15)27-20/h5-6,9-12,22H,1-4,7-8H2,(H,23,24). The van der Waals surface area contributed by atoms with Crippen LogP contribution in [0.25, 0.3) is 23.5 Å². The smallest absolute Gasteiger partial charge is 0.311 e. The molecular formula is C21H20O7. The molecule has 0 atom stereocenters. The third kappa shape index (κ3) is 4.49. The number of hydrogen-bond acceptors (Lipinski definition) is 6. The van der Waals surface area contributed by atoms with Crippen LogP contribution in [0.15, 0.2) is 33.5 Å². The summed E-state index contributed by atoms with van der Waals surface area (Å²) in [7, 11) is 0. The van der Waals surface area contributed by atoms with Crippen LogP contribution in [0.5, 0.6) is 11.5 Å². The molecule has 7 heteroatoms. The Morgan fingerprint density at radius 3 is 2.43 bits per heavy atom. The Kier molecular flexibility index (Phi) is 5.93. The van der Waals surface area contributed by atoms with E-state index in [1.807, 2.05) is 6.08 Å². The van der Waals surface area contributed by atoms with Gasteiger partial charge in [-0.2, -0.15) is 0 Å². The van der Waals surface area contributed by atoms with Gasteiger partial charge in [0.05, 0.1) is 5.22 Å². The Bertz CT molecular complexity index is 1060. The Morgan fingerprint density at radius 2 is 1.71 bits per heavy atom. The second kappa shape index (κ2) is 8.56. The second-order valence-corrected chi connectivity index (χ2v) is 6.47. The van der Waals surface area contributed by atoms with Crippen molar-refractivity contribution in [3.63, 3.8) is 0 Å². The lowest BCUT2D eigenvalue weighted by atomic mass is 10.1. The van der Waals surface area contributed by atoms with Crippen LogP contribution in [0.2, 0.25) is 0 Å². The minimum Gasteiger partial charge on any atom is -0.508 e. The number of carbonyl (C=O) groups excluding carboxylic acids is 1. The number of carboxylic acids is 1. The number of phenols is 1. The summed E-state index contributed by atoms with van der Waals surface area (Å²) in [6.45, 7) is 0. The van der Waals surface area contributed by atoms with E-state index in [0.29, 0.717) is 35.5 Å². The molecule has 1 aliphatic carbocycles. The quantitative estimate of drug-likeness (QED) is 0.554. The summed E-state index contributed by atoms with van der Waals surface area (Å²) < 4.78 is 11.2. The van der Waals surface area contributed by atoms with E-state index in [1.165, 1.54) is 12.1 Å². The zero-order chi connectivity index (χ0) is 20.1. The van der Waals surface area contributed by atoms with Crippen LogP contribution in [0.4, 0.5) is 0 Å². The summed E-state index contributed by atoms with van der Waals surface area (Å²) in [5.41, 5.74) is 0.491. The molecule has 7 nitrogen and oxygen atoms in total. The van der Waals surface area contributed by atoms with E-state index in [0.717, 1.165) is 6.42 Å². The van der Waals surface area contributed by atoms with Crippen LogP contribution < -0.4 is 20.8 Å². The molecular weight excluding hydrogens is 364 g/mol. The molecule has 3 rings (SSSR count). The van der Waals surface area contributed by atoms with Gasteiger partial charge in [-0.15, -0.1) is 0 Å². The van der Waals surface area contributed by atoms with Crippen molar-refractivity contribution in [1.29, 1.82) is 0 Å². The van der Waals surface area contributed by atoms with Gasteiger partial charge >= 0.3 is 11.9 Å². The molecule has 1 aromatic heterocycles. The average molecular weight is 384 g/mol. The fourth-order valence-corrected chi connectivity index (χ4v) is 2.94. The van der Waals surface area contributed by atoms with E-state index in [9.17, 15) is 19.5 Å². The van der Waals surface area contributed by atoms with E-state index >= 15 is 0 Å². The molecule has 2 N–H and O–H groups in total. The van der Waals surface area contributed by atoms with Crippen molar-refractivity contribution in [2.24, 2.45) is 0 Å². The lowest BCUT2D eigenvalue weighted by Gasteiger charge is -2.11. The summed E-state index contributed by atoms with van der Waals surface area (Å²) in [6.07, 6.45) is 5.66. The van der Waals surface area contributed by atoms with Gasteiger partial charge in [0.2, 0.25) is 11.2 Å². The van der Waals surface area contributed by atoms with Crippen molar-refractivity contribution in [2.75, 3.05) is 0 Å². The van der Waals surface area contributed by atoms with Crippen LogP contribution in [-0.4, -0.2) is 22.2 Å². The number of unbranched alkanes of at least 4 members (excludes halogenated alkanes) is 1. The van der Waals surface area contributed by atoms with Crippen molar-refractivity contribution in [2.45, 2.75) is 38.5 Å². The Hall–Kier alpha value is -3.35. The van der Waals surface area contributed by atoms with Crippen LogP contribution in [0, 0.1) is 0 Å². The van der Waals surface area contributed by atoms with Crippen LogP contribution >= 0.6 is 0 Å². The number of ether oxygens (including phenoxy) is 1. The predicted octanol–water partition coefficient (Wildman–Crippen LogP) is 1.92. The van der Waals surface area contributed by atoms with Crippen LogP contribution in [-0.2, 0) is 9.59 Å². The first kappa shape index (κ1) is 19.4. The number of benzene rings is 1. The monoisotopic (exact) mass is 384 g/mol. The first-order chi connectivity index (χ1) is 13.5. The molecule has 0 saturated heterocycles. The maximum Gasteiger partial charge on any atom is 0.311 e. The largest absolute Gasteiger partial charge is 0.508 e. The van der Waals surface area contributed by atoms with Crippen molar-refractivity contribution in [3.8, 4) is 22.8 Å². The van der Waals surface area contributed by atoms with Crippen molar-refractivity contribution >= 4 is 24.1 Å². The summed E-state index contributed by atoms with van der Waals surface area (Å²) in [4.78, 5) is 35.7. The molecule has 0 bridgehead atoms. The summed E-state index contributed by atoms with van der Waals surface area (Å²) in [6, 6.07) is 6.03. The summed E-state index contributed by atoms with van der Waals surface area (Å²) in [5, 5.41) is 18.5. The minimum absolute atomic E-state index is 0.00530. The van der Waals surface area contributed by atoms with E-state index in [4.69, 9.17) is 14.3 Å². The molecule has 1 heterocycles. The van der Waals surface area contributed by atoms with Gasteiger partial charge in [-0.05, 0) is 56.0 Å². The fourth-order valence-electron chi connectivity index (χ4n) is 2.94. The maximum absolute atomic E-state index is 12.9. The van der Waals surface area contributed by atoms with Gasteiger partial charge < -0.3 is 19.4 Å². The Labute approximate surface area is 160 Å². The number of aliphatic carboxylic acids is 1. The number of carboxylic acid groups (broad SMARTS) is 1. The first-order valence-electron chi connectivity index (χ1n) is 9.05. The van der Waals surface area contributed by atoms with Crippen LogP contribution in [0.3, 0.4) is 0 Å². The molecule has 0 amide bonds. The van der Waals surface area contributed by atoms with Gasteiger partial charge in [-0.1, -0.05) is 6.08 Å². The van der Waals surface area contributed by atoms with Gasteiger partial charge in [-0.3, -0.25) is 14.4 Å². The molecule has 0 unspecified atom stereocenters. The number of rotatable bonds is 7. The number of hydrogen-bond donors (Lipinski definition) is 2. The van der Waals surface area contributed by atoms with E-state index in [-0.39, 0.29) is 30.1 Å². The highest BCUT2D eigenvalue weighted by Crippen LogP contribution is 2.27. The SMILES string of the molecule is O=C(O)CCCCC(=O)Oc1c(-c2ccc(O)cc2)oc2c(c1=O)=CCCC=2. The summed E-state index contributed by atoms with van der Waals surface area (Å²) >= 11 is 0. The second-order valence-electron chi connectivity index (χ2n) is 6.47.